The van der Waals surface area contributed by atoms with Crippen LogP contribution in [0.3, 0.4) is 0 Å². The minimum atomic E-state index is -0.853. The lowest BCUT2D eigenvalue weighted by atomic mass is 9.98. The normalized spacial score (nSPS) is 12.7. The van der Waals surface area contributed by atoms with Crippen molar-refractivity contribution in [2.24, 2.45) is 5.16 Å². The molecule has 0 aliphatic heterocycles. The van der Waals surface area contributed by atoms with Crippen molar-refractivity contribution in [2.75, 3.05) is 0 Å². The summed E-state index contributed by atoms with van der Waals surface area (Å²) in [5, 5.41) is 15.2. The summed E-state index contributed by atoms with van der Waals surface area (Å²) < 4.78 is 0. The van der Waals surface area contributed by atoms with Gasteiger partial charge in [0.05, 0.1) is 0 Å². The number of aryl methyl sites for hydroxylation is 2. The van der Waals surface area contributed by atoms with Crippen molar-refractivity contribution in [3.05, 3.63) is 107 Å². The van der Waals surface area contributed by atoms with E-state index in [-0.39, 0.29) is 0 Å². The Bertz CT molecular complexity index is 853. The number of nitrogens with zero attached hydrogens (tertiary/aromatic N) is 1. The minimum Gasteiger partial charge on any atom is -0.391 e. The van der Waals surface area contributed by atoms with Gasteiger partial charge in [-0.05, 0) is 25.0 Å². The Morgan fingerprint density at radius 2 is 1.42 bits per heavy atom. The molecule has 3 nitrogen and oxygen atoms in total. The minimum absolute atomic E-state index is 0.358. The van der Waals surface area contributed by atoms with Gasteiger partial charge in [0, 0.05) is 5.56 Å². The summed E-state index contributed by atoms with van der Waals surface area (Å²) in [6.07, 6.45) is -0.853. The highest BCUT2D eigenvalue weighted by atomic mass is 16.6. The first-order valence-electron chi connectivity index (χ1n) is 8.69. The van der Waals surface area contributed by atoms with Crippen LogP contribution >= 0.6 is 0 Å². The van der Waals surface area contributed by atoms with E-state index in [1.165, 1.54) is 0 Å². The van der Waals surface area contributed by atoms with Gasteiger partial charge in [-0.25, -0.2) is 0 Å². The second kappa shape index (κ2) is 8.45. The molecule has 0 spiro atoms. The molecule has 1 N–H and O–H groups in total. The molecule has 0 amide bonds. The molecule has 3 rings (SSSR count). The highest BCUT2D eigenvalue weighted by Crippen LogP contribution is 2.21. The fraction of sp³-hybridized carbons (Fsp3) is 0.174. The maximum absolute atomic E-state index is 10.9. The summed E-state index contributed by atoms with van der Waals surface area (Å²) in [5.41, 5.74) is 5.47. The first kappa shape index (κ1) is 17.9. The van der Waals surface area contributed by atoms with Gasteiger partial charge < -0.3 is 9.94 Å². The van der Waals surface area contributed by atoms with Gasteiger partial charge in [0.15, 0.2) is 0 Å². The monoisotopic (exact) mass is 345 g/mol. The Kier molecular flexibility index (Phi) is 5.82. The van der Waals surface area contributed by atoms with E-state index in [9.17, 15) is 5.11 Å². The average Bonchev–Trinajstić information content (AvgIpc) is 2.67. The van der Waals surface area contributed by atoms with Crippen LogP contribution in [0.15, 0.2) is 84.0 Å². The molecular weight excluding hydrogens is 322 g/mol. The number of hydrogen-bond acceptors (Lipinski definition) is 3. The van der Waals surface area contributed by atoms with E-state index in [0.717, 1.165) is 27.8 Å². The molecule has 0 radical (unpaired) electrons. The first-order valence-corrected chi connectivity index (χ1v) is 8.69. The van der Waals surface area contributed by atoms with Gasteiger partial charge in [-0.15, -0.1) is 0 Å². The lowest BCUT2D eigenvalue weighted by Crippen LogP contribution is -2.14. The first-order chi connectivity index (χ1) is 12.6. The van der Waals surface area contributed by atoms with Crippen LogP contribution in [0.5, 0.6) is 0 Å². The number of aliphatic hydroxyl groups is 1. The lowest BCUT2D eigenvalue weighted by molar-refractivity contribution is 0.125. The third-order valence-electron chi connectivity index (χ3n) is 4.24. The molecule has 3 aromatic carbocycles. The van der Waals surface area contributed by atoms with Crippen molar-refractivity contribution >= 4 is 5.71 Å². The van der Waals surface area contributed by atoms with Gasteiger partial charge in [0.25, 0.3) is 0 Å². The van der Waals surface area contributed by atoms with E-state index in [1.807, 2.05) is 92.7 Å². The molecule has 0 aliphatic rings. The van der Waals surface area contributed by atoms with Gasteiger partial charge in [0.1, 0.15) is 18.4 Å². The van der Waals surface area contributed by atoms with Crippen molar-refractivity contribution < 1.29 is 9.94 Å². The van der Waals surface area contributed by atoms with Crippen molar-refractivity contribution in [3.8, 4) is 0 Å². The fourth-order valence-electron chi connectivity index (χ4n) is 2.64. The molecule has 0 saturated heterocycles. The van der Waals surface area contributed by atoms with Crippen LogP contribution in [0, 0.1) is 13.8 Å². The maximum atomic E-state index is 10.9. The van der Waals surface area contributed by atoms with Crippen molar-refractivity contribution in [1.82, 2.24) is 0 Å². The molecular formula is C23H23NO2. The zero-order valence-corrected chi connectivity index (χ0v) is 15.1. The second-order valence-electron chi connectivity index (χ2n) is 6.41. The van der Waals surface area contributed by atoms with E-state index in [1.54, 1.807) is 0 Å². The van der Waals surface area contributed by atoms with Crippen LogP contribution < -0.4 is 0 Å². The average molecular weight is 345 g/mol. The van der Waals surface area contributed by atoms with Crippen LogP contribution in [-0.2, 0) is 11.4 Å². The molecule has 0 bridgehead atoms. The molecule has 0 saturated carbocycles. The molecule has 1 atom stereocenters. The largest absolute Gasteiger partial charge is 0.391 e. The zero-order valence-electron chi connectivity index (χ0n) is 15.1. The third kappa shape index (κ3) is 4.58. The number of benzene rings is 3. The molecule has 0 aromatic heterocycles. The summed E-state index contributed by atoms with van der Waals surface area (Å²) in [4.78, 5) is 5.56. The Morgan fingerprint density at radius 3 is 2.04 bits per heavy atom. The quantitative estimate of drug-likeness (QED) is 0.507. The molecule has 0 aliphatic carbocycles. The molecule has 132 valence electrons. The van der Waals surface area contributed by atoms with Gasteiger partial charge in [-0.3, -0.25) is 0 Å². The molecule has 0 heterocycles. The summed E-state index contributed by atoms with van der Waals surface area (Å²) in [6.45, 7) is 4.41. The summed E-state index contributed by atoms with van der Waals surface area (Å²) in [5.74, 6) is 0. The number of hydrogen-bond donors (Lipinski definition) is 1. The van der Waals surface area contributed by atoms with E-state index in [2.05, 4.69) is 5.16 Å². The Morgan fingerprint density at radius 1 is 0.846 bits per heavy atom. The van der Waals surface area contributed by atoms with Crippen molar-refractivity contribution in [1.29, 1.82) is 0 Å². The van der Waals surface area contributed by atoms with E-state index in [0.29, 0.717) is 12.3 Å². The lowest BCUT2D eigenvalue weighted by Gasteiger charge is -2.15. The molecule has 26 heavy (non-hydrogen) atoms. The summed E-state index contributed by atoms with van der Waals surface area (Å²) in [7, 11) is 0. The van der Waals surface area contributed by atoms with Crippen molar-refractivity contribution in [3.63, 3.8) is 0 Å². The Balaban J connectivity index is 1.86. The standard InChI is InChI=1S/C23H23NO2/c1-17-8-12-20(13-9-17)22(23(25)21-14-10-18(2)11-15-21)24-26-16-19-6-4-3-5-7-19/h3-15,23,25H,16H2,1-2H3/b24-22+/t23-/m0/s1. The van der Waals surface area contributed by atoms with Crippen LogP contribution in [-0.4, -0.2) is 10.8 Å². The van der Waals surface area contributed by atoms with Crippen LogP contribution in [0.2, 0.25) is 0 Å². The Hall–Kier alpha value is -2.91. The number of oxime groups is 1. The molecule has 3 heteroatoms. The third-order valence-corrected chi connectivity index (χ3v) is 4.24. The van der Waals surface area contributed by atoms with Crippen LogP contribution in [0.1, 0.15) is 33.9 Å². The highest BCUT2D eigenvalue weighted by molar-refractivity contribution is 6.03. The predicted octanol–water partition coefficient (Wildman–Crippen LogP) is 4.96. The van der Waals surface area contributed by atoms with Crippen molar-refractivity contribution in [2.45, 2.75) is 26.6 Å². The smallest absolute Gasteiger partial charge is 0.142 e. The Labute approximate surface area is 154 Å². The number of rotatable bonds is 6. The zero-order chi connectivity index (χ0) is 18.4. The highest BCUT2D eigenvalue weighted by Gasteiger charge is 2.18. The van der Waals surface area contributed by atoms with Gasteiger partial charge in [0.2, 0.25) is 0 Å². The van der Waals surface area contributed by atoms with E-state index < -0.39 is 6.10 Å². The molecule has 3 aromatic rings. The van der Waals surface area contributed by atoms with E-state index >= 15 is 0 Å². The van der Waals surface area contributed by atoms with Crippen LogP contribution in [0.4, 0.5) is 0 Å². The second-order valence-corrected chi connectivity index (χ2v) is 6.41. The predicted molar refractivity (Wildman–Crippen MR) is 105 cm³/mol. The van der Waals surface area contributed by atoms with Gasteiger partial charge in [-0.1, -0.05) is 95.1 Å². The summed E-state index contributed by atoms with van der Waals surface area (Å²) >= 11 is 0. The summed E-state index contributed by atoms with van der Waals surface area (Å²) in [6, 6.07) is 25.6. The molecule has 0 fully saturated rings. The fourth-order valence-corrected chi connectivity index (χ4v) is 2.64. The van der Waals surface area contributed by atoms with Gasteiger partial charge >= 0.3 is 0 Å². The number of aliphatic hydroxyl groups excluding tert-OH is 1. The molecule has 0 unspecified atom stereocenters. The van der Waals surface area contributed by atoms with E-state index in [4.69, 9.17) is 4.84 Å². The SMILES string of the molecule is Cc1ccc(/C(=N\OCc2ccccc2)[C@@H](O)c2ccc(C)cc2)cc1. The topological polar surface area (TPSA) is 41.8 Å². The van der Waals surface area contributed by atoms with Gasteiger partial charge in [-0.2, -0.15) is 0 Å². The maximum Gasteiger partial charge on any atom is 0.142 e. The van der Waals surface area contributed by atoms with Crippen LogP contribution in [0.25, 0.3) is 0 Å².